The van der Waals surface area contributed by atoms with Gasteiger partial charge in [-0.2, -0.15) is 0 Å². The van der Waals surface area contributed by atoms with Crippen LogP contribution >= 0.6 is 23.1 Å². The highest BCUT2D eigenvalue weighted by atomic mass is 32.2. The molecule has 0 fully saturated rings. The van der Waals surface area contributed by atoms with Crippen molar-refractivity contribution >= 4 is 44.3 Å². The summed E-state index contributed by atoms with van der Waals surface area (Å²) in [4.78, 5) is 21.7. The fraction of sp³-hybridized carbons (Fsp3) is 0.211. The number of carbonyl (C=O) groups is 1. The van der Waals surface area contributed by atoms with Crippen molar-refractivity contribution in [1.29, 1.82) is 0 Å². The van der Waals surface area contributed by atoms with E-state index >= 15 is 0 Å². The Bertz CT molecular complexity index is 1060. The van der Waals surface area contributed by atoms with Gasteiger partial charge in [-0.3, -0.25) is 0 Å². The molecule has 0 radical (unpaired) electrons. The summed E-state index contributed by atoms with van der Waals surface area (Å²) >= 11 is 2.85. The molecule has 1 aromatic heterocycles. The number of rotatable bonds is 5. The van der Waals surface area contributed by atoms with Crippen LogP contribution in [0.15, 0.2) is 47.5 Å². The smallest absolute Gasteiger partial charge is 0.375 e. The number of methoxy groups -OCH3 is 2. The second-order valence-electron chi connectivity index (χ2n) is 5.93. The van der Waals surface area contributed by atoms with Gasteiger partial charge in [-0.25, -0.2) is 14.8 Å². The van der Waals surface area contributed by atoms with Gasteiger partial charge in [-0.05, 0) is 42.5 Å². The Balaban J connectivity index is 1.70. The normalized spacial score (nSPS) is 18.7. The summed E-state index contributed by atoms with van der Waals surface area (Å²) in [5.41, 5.74) is -0.666. The standard InChI is InChI=1S/C19H16N2O5S2/c1-24-13-7-8-14-15(9-13)28-16(20-14)17-21-19(10-27-17,18(23)25-2)26-12-5-3-11(22)4-6-12/h3-9,22H,10H2,1-2H3. The zero-order valence-corrected chi connectivity index (χ0v) is 16.7. The number of aromatic hydroxyl groups is 1. The fourth-order valence-electron chi connectivity index (χ4n) is 2.69. The maximum absolute atomic E-state index is 12.5. The number of ether oxygens (including phenoxy) is 3. The van der Waals surface area contributed by atoms with E-state index in [0.717, 1.165) is 16.0 Å². The maximum Gasteiger partial charge on any atom is 0.375 e. The average Bonchev–Trinajstić information content (AvgIpc) is 3.33. The van der Waals surface area contributed by atoms with E-state index in [1.807, 2.05) is 18.2 Å². The molecule has 0 spiro atoms. The van der Waals surface area contributed by atoms with Crippen molar-refractivity contribution in [2.24, 2.45) is 4.99 Å². The summed E-state index contributed by atoms with van der Waals surface area (Å²) in [5, 5.41) is 10.8. The van der Waals surface area contributed by atoms with Crippen molar-refractivity contribution in [2.45, 2.75) is 5.72 Å². The minimum atomic E-state index is -1.50. The number of phenolic OH excluding ortho intramolecular Hbond substituents is 1. The van der Waals surface area contributed by atoms with Gasteiger partial charge < -0.3 is 19.3 Å². The van der Waals surface area contributed by atoms with Crippen LogP contribution in [0.1, 0.15) is 5.01 Å². The number of esters is 1. The monoisotopic (exact) mass is 416 g/mol. The van der Waals surface area contributed by atoms with Crippen molar-refractivity contribution in [3.63, 3.8) is 0 Å². The lowest BCUT2D eigenvalue weighted by molar-refractivity contribution is -0.156. The molecule has 2 aromatic carbocycles. The van der Waals surface area contributed by atoms with Gasteiger partial charge in [0.2, 0.25) is 0 Å². The molecular formula is C19H16N2O5S2. The molecule has 7 nitrogen and oxygen atoms in total. The van der Waals surface area contributed by atoms with E-state index in [2.05, 4.69) is 9.98 Å². The van der Waals surface area contributed by atoms with Gasteiger partial charge in [0.1, 0.15) is 27.3 Å². The lowest BCUT2D eigenvalue weighted by Crippen LogP contribution is -2.44. The number of benzene rings is 2. The number of thiazole rings is 1. The average molecular weight is 416 g/mol. The molecule has 0 saturated heterocycles. The van der Waals surface area contributed by atoms with Gasteiger partial charge in [0.25, 0.3) is 0 Å². The first-order chi connectivity index (χ1) is 13.5. The van der Waals surface area contributed by atoms with Crippen LogP contribution in [0.5, 0.6) is 17.2 Å². The predicted octanol–water partition coefficient (Wildman–Crippen LogP) is 3.45. The van der Waals surface area contributed by atoms with Crippen molar-refractivity contribution in [3.8, 4) is 17.2 Å². The van der Waals surface area contributed by atoms with E-state index in [9.17, 15) is 9.90 Å². The third-order valence-corrected chi connectivity index (χ3v) is 6.34. The molecule has 1 aliphatic heterocycles. The van der Waals surface area contributed by atoms with Crippen LogP contribution in [0.4, 0.5) is 0 Å². The molecule has 28 heavy (non-hydrogen) atoms. The molecule has 9 heteroatoms. The van der Waals surface area contributed by atoms with Gasteiger partial charge in [0.05, 0.1) is 30.2 Å². The van der Waals surface area contributed by atoms with Gasteiger partial charge >= 0.3 is 11.7 Å². The van der Waals surface area contributed by atoms with Crippen LogP contribution in [0.3, 0.4) is 0 Å². The third-order valence-electron chi connectivity index (χ3n) is 4.09. The summed E-state index contributed by atoms with van der Waals surface area (Å²) < 4.78 is 17.1. The van der Waals surface area contributed by atoms with Crippen molar-refractivity contribution in [1.82, 2.24) is 4.98 Å². The van der Waals surface area contributed by atoms with Gasteiger partial charge in [-0.1, -0.05) is 11.8 Å². The number of hydrogen-bond donors (Lipinski definition) is 1. The molecule has 1 aliphatic rings. The molecule has 1 atom stereocenters. The SMILES string of the molecule is COC(=O)C1(Oc2ccc(O)cc2)CSC(c2nc3ccc(OC)cc3s2)=N1. The summed E-state index contributed by atoms with van der Waals surface area (Å²) in [5.74, 6) is 0.932. The Morgan fingerprint density at radius 3 is 2.61 bits per heavy atom. The molecule has 0 amide bonds. The molecule has 4 rings (SSSR count). The Labute approximate surface area is 169 Å². The Hall–Kier alpha value is -2.78. The number of hydrogen-bond acceptors (Lipinski definition) is 9. The van der Waals surface area contributed by atoms with E-state index < -0.39 is 11.7 Å². The minimum Gasteiger partial charge on any atom is -0.508 e. The third kappa shape index (κ3) is 3.38. The summed E-state index contributed by atoms with van der Waals surface area (Å²) in [6, 6.07) is 11.8. The number of nitrogens with zero attached hydrogens (tertiary/aromatic N) is 2. The van der Waals surface area contributed by atoms with Crippen LogP contribution in [0.25, 0.3) is 10.2 Å². The molecule has 1 N–H and O–H groups in total. The van der Waals surface area contributed by atoms with E-state index in [1.165, 1.54) is 42.3 Å². The fourth-order valence-corrected chi connectivity index (χ4v) is 4.83. The zero-order chi connectivity index (χ0) is 19.7. The predicted molar refractivity (Wildman–Crippen MR) is 109 cm³/mol. The Morgan fingerprint density at radius 2 is 1.89 bits per heavy atom. The van der Waals surface area contributed by atoms with Crippen LogP contribution in [0.2, 0.25) is 0 Å². The molecule has 144 valence electrons. The first kappa shape index (κ1) is 18.6. The molecule has 0 aliphatic carbocycles. The highest BCUT2D eigenvalue weighted by Crippen LogP contribution is 2.37. The van der Waals surface area contributed by atoms with Gasteiger partial charge in [0, 0.05) is 0 Å². The summed E-state index contributed by atoms with van der Waals surface area (Å²) in [7, 11) is 2.91. The second kappa shape index (κ2) is 7.33. The first-order valence-corrected chi connectivity index (χ1v) is 10.1. The van der Waals surface area contributed by atoms with Crippen molar-refractivity contribution in [2.75, 3.05) is 20.0 Å². The number of phenols is 1. The van der Waals surface area contributed by atoms with E-state index in [1.54, 1.807) is 19.2 Å². The summed E-state index contributed by atoms with van der Waals surface area (Å²) in [6.07, 6.45) is 0. The number of thioether (sulfide) groups is 1. The summed E-state index contributed by atoms with van der Waals surface area (Å²) in [6.45, 7) is 0. The Morgan fingerprint density at radius 1 is 1.14 bits per heavy atom. The minimum absolute atomic E-state index is 0.106. The van der Waals surface area contributed by atoms with Gasteiger partial charge in [-0.15, -0.1) is 11.3 Å². The van der Waals surface area contributed by atoms with E-state index in [-0.39, 0.29) is 11.5 Å². The molecule has 1 unspecified atom stereocenters. The number of carbonyl (C=O) groups excluding carboxylic acids is 1. The largest absolute Gasteiger partial charge is 0.508 e. The molecular weight excluding hydrogens is 400 g/mol. The number of fused-ring (bicyclic) bond motifs is 1. The highest BCUT2D eigenvalue weighted by molar-refractivity contribution is 8.15. The molecule has 3 aromatic rings. The molecule has 2 heterocycles. The Kier molecular flexibility index (Phi) is 4.86. The van der Waals surface area contributed by atoms with Crippen LogP contribution in [-0.4, -0.2) is 46.8 Å². The molecule has 0 saturated carbocycles. The number of aromatic nitrogens is 1. The van der Waals surface area contributed by atoms with Gasteiger partial charge in [0.15, 0.2) is 0 Å². The molecule has 0 bridgehead atoms. The van der Waals surface area contributed by atoms with Crippen molar-refractivity contribution in [3.05, 3.63) is 47.5 Å². The first-order valence-electron chi connectivity index (χ1n) is 8.27. The maximum atomic E-state index is 12.5. The number of aliphatic imine (C=N–C) groups is 1. The van der Waals surface area contributed by atoms with Crippen LogP contribution in [0, 0.1) is 0 Å². The lowest BCUT2D eigenvalue weighted by atomic mass is 10.2. The van der Waals surface area contributed by atoms with Crippen LogP contribution in [-0.2, 0) is 9.53 Å². The second-order valence-corrected chi connectivity index (χ2v) is 7.92. The quantitative estimate of drug-likeness (QED) is 0.637. The van der Waals surface area contributed by atoms with Crippen LogP contribution < -0.4 is 9.47 Å². The highest BCUT2D eigenvalue weighted by Gasteiger charge is 2.47. The van der Waals surface area contributed by atoms with E-state index in [0.29, 0.717) is 15.8 Å². The van der Waals surface area contributed by atoms with Crippen molar-refractivity contribution < 1.29 is 24.1 Å². The van der Waals surface area contributed by atoms with E-state index in [4.69, 9.17) is 14.2 Å². The zero-order valence-electron chi connectivity index (χ0n) is 15.0. The topological polar surface area (TPSA) is 90.2 Å². The lowest BCUT2D eigenvalue weighted by Gasteiger charge is -2.23.